The highest BCUT2D eigenvalue weighted by Gasteiger charge is 2.30. The first-order valence-electron chi connectivity index (χ1n) is 4.83. The van der Waals surface area contributed by atoms with Crippen molar-refractivity contribution in [1.29, 1.82) is 0 Å². The molecule has 0 aromatic heterocycles. The van der Waals surface area contributed by atoms with Crippen molar-refractivity contribution in [3.63, 3.8) is 0 Å². The van der Waals surface area contributed by atoms with Crippen molar-refractivity contribution in [3.05, 3.63) is 0 Å². The number of carbonyl (C=O) groups excluding carboxylic acids is 1. The molecule has 13 heavy (non-hydrogen) atoms. The van der Waals surface area contributed by atoms with Crippen LogP contribution in [-0.2, 0) is 9.53 Å². The Bertz CT molecular complexity index is 192. The highest BCUT2D eigenvalue weighted by atomic mass is 16.5. The lowest BCUT2D eigenvalue weighted by molar-refractivity contribution is -0.161. The van der Waals surface area contributed by atoms with E-state index in [9.17, 15) is 4.79 Å². The number of ether oxygens (including phenoxy) is 1. The maximum Gasteiger partial charge on any atom is 0.311 e. The van der Waals surface area contributed by atoms with Crippen molar-refractivity contribution in [3.8, 4) is 0 Å². The van der Waals surface area contributed by atoms with Gasteiger partial charge in [-0.2, -0.15) is 0 Å². The zero-order chi connectivity index (χ0) is 10.1. The Morgan fingerprint density at radius 2 is 2.00 bits per heavy atom. The number of rotatable bonds is 2. The predicted octanol–water partition coefficient (Wildman–Crippen LogP) is 1.18. The molecule has 1 heterocycles. The molecule has 0 saturated carbocycles. The van der Waals surface area contributed by atoms with Gasteiger partial charge in [0.05, 0.1) is 5.41 Å². The highest BCUT2D eigenvalue weighted by molar-refractivity contribution is 5.75. The van der Waals surface area contributed by atoms with Gasteiger partial charge in [0, 0.05) is 19.0 Å². The molecular weight excluding hydrogens is 166 g/mol. The van der Waals surface area contributed by atoms with Gasteiger partial charge in [-0.05, 0) is 27.7 Å². The van der Waals surface area contributed by atoms with Gasteiger partial charge in [-0.1, -0.05) is 0 Å². The van der Waals surface area contributed by atoms with Crippen LogP contribution >= 0.6 is 0 Å². The minimum atomic E-state index is -0.383. The van der Waals surface area contributed by atoms with Gasteiger partial charge in [-0.15, -0.1) is 0 Å². The second-order valence-corrected chi connectivity index (χ2v) is 4.78. The molecule has 1 rings (SSSR count). The van der Waals surface area contributed by atoms with E-state index >= 15 is 0 Å². The van der Waals surface area contributed by atoms with Crippen molar-refractivity contribution in [1.82, 2.24) is 5.32 Å². The molecule has 0 amide bonds. The smallest absolute Gasteiger partial charge is 0.311 e. The molecule has 0 bridgehead atoms. The van der Waals surface area contributed by atoms with Gasteiger partial charge in [-0.25, -0.2) is 0 Å². The molecule has 0 aromatic carbocycles. The first-order chi connectivity index (χ1) is 5.91. The fourth-order valence-electron chi connectivity index (χ4n) is 1.08. The average Bonchev–Trinajstić information content (AvgIpc) is 1.79. The third-order valence-electron chi connectivity index (χ3n) is 2.38. The summed E-state index contributed by atoms with van der Waals surface area (Å²) in [6, 6.07) is 0. The summed E-state index contributed by atoms with van der Waals surface area (Å²) in [6.45, 7) is 9.54. The van der Waals surface area contributed by atoms with E-state index in [2.05, 4.69) is 5.32 Å². The number of hydrogen-bond donors (Lipinski definition) is 1. The van der Waals surface area contributed by atoms with Crippen LogP contribution in [0, 0.1) is 11.3 Å². The largest absolute Gasteiger partial charge is 0.462 e. The number of hydrogen-bond acceptors (Lipinski definition) is 3. The molecule has 0 aromatic rings. The summed E-state index contributed by atoms with van der Waals surface area (Å²) < 4.78 is 5.34. The Morgan fingerprint density at radius 3 is 2.31 bits per heavy atom. The maximum absolute atomic E-state index is 11.5. The molecule has 1 unspecified atom stereocenters. The van der Waals surface area contributed by atoms with Gasteiger partial charge in [-0.3, -0.25) is 4.79 Å². The molecule has 0 aliphatic carbocycles. The first kappa shape index (κ1) is 10.5. The summed E-state index contributed by atoms with van der Waals surface area (Å²) >= 11 is 0. The predicted molar refractivity (Wildman–Crippen MR) is 51.4 cm³/mol. The second kappa shape index (κ2) is 3.66. The fourth-order valence-corrected chi connectivity index (χ4v) is 1.08. The van der Waals surface area contributed by atoms with E-state index in [-0.39, 0.29) is 17.5 Å². The van der Waals surface area contributed by atoms with Gasteiger partial charge in [0.2, 0.25) is 0 Å². The average molecular weight is 185 g/mol. The SMILES string of the molecule is CC(OC(=O)C(C)(C)C)C1CNC1. The van der Waals surface area contributed by atoms with Crippen LogP contribution < -0.4 is 5.32 Å². The standard InChI is InChI=1S/C10H19NO2/c1-7(8-5-11-6-8)13-9(12)10(2,3)4/h7-8,11H,5-6H2,1-4H3. The van der Waals surface area contributed by atoms with E-state index in [1.807, 2.05) is 27.7 Å². The Balaban J connectivity index is 2.35. The molecule has 3 heteroatoms. The van der Waals surface area contributed by atoms with E-state index in [4.69, 9.17) is 4.74 Å². The Hall–Kier alpha value is -0.570. The van der Waals surface area contributed by atoms with Crippen molar-refractivity contribution in [2.75, 3.05) is 13.1 Å². The summed E-state index contributed by atoms with van der Waals surface area (Å²) in [4.78, 5) is 11.5. The summed E-state index contributed by atoms with van der Waals surface area (Å²) in [7, 11) is 0. The first-order valence-corrected chi connectivity index (χ1v) is 4.83. The third kappa shape index (κ3) is 2.69. The quantitative estimate of drug-likeness (QED) is 0.657. The van der Waals surface area contributed by atoms with Crippen LogP contribution in [0.4, 0.5) is 0 Å². The van der Waals surface area contributed by atoms with Crippen LogP contribution in [0.1, 0.15) is 27.7 Å². The summed E-state index contributed by atoms with van der Waals surface area (Å²) in [5, 5.41) is 3.16. The van der Waals surface area contributed by atoms with E-state index in [0.717, 1.165) is 13.1 Å². The topological polar surface area (TPSA) is 38.3 Å². The molecular formula is C10H19NO2. The van der Waals surface area contributed by atoms with Gasteiger partial charge < -0.3 is 10.1 Å². The molecule has 76 valence electrons. The van der Waals surface area contributed by atoms with Crippen LogP contribution in [0.2, 0.25) is 0 Å². The molecule has 1 saturated heterocycles. The lowest BCUT2D eigenvalue weighted by atomic mass is 9.95. The summed E-state index contributed by atoms with van der Waals surface area (Å²) in [6.07, 6.45) is 0.0491. The van der Waals surface area contributed by atoms with Crippen LogP contribution in [0.15, 0.2) is 0 Å². The van der Waals surface area contributed by atoms with Crippen LogP contribution in [0.5, 0.6) is 0 Å². The molecule has 1 aliphatic rings. The second-order valence-electron chi connectivity index (χ2n) is 4.78. The zero-order valence-corrected chi connectivity index (χ0v) is 8.89. The van der Waals surface area contributed by atoms with Crippen LogP contribution in [-0.4, -0.2) is 25.2 Å². The van der Waals surface area contributed by atoms with E-state index in [1.54, 1.807) is 0 Å². The monoisotopic (exact) mass is 185 g/mol. The molecule has 0 radical (unpaired) electrons. The van der Waals surface area contributed by atoms with Crippen molar-refractivity contribution >= 4 is 5.97 Å². The Morgan fingerprint density at radius 1 is 1.46 bits per heavy atom. The number of carbonyl (C=O) groups is 1. The third-order valence-corrected chi connectivity index (χ3v) is 2.38. The lowest BCUT2D eigenvalue weighted by Crippen LogP contribution is -2.49. The van der Waals surface area contributed by atoms with E-state index in [1.165, 1.54) is 0 Å². The highest BCUT2D eigenvalue weighted by Crippen LogP contribution is 2.20. The van der Waals surface area contributed by atoms with Crippen molar-refractivity contribution in [2.24, 2.45) is 11.3 Å². The molecule has 3 nitrogen and oxygen atoms in total. The van der Waals surface area contributed by atoms with E-state index in [0.29, 0.717) is 5.92 Å². The molecule has 1 N–H and O–H groups in total. The Kier molecular flexibility index (Phi) is 2.96. The normalized spacial score (nSPS) is 20.6. The molecule has 0 spiro atoms. The molecule has 1 fully saturated rings. The summed E-state index contributed by atoms with van der Waals surface area (Å²) in [5.74, 6) is 0.401. The van der Waals surface area contributed by atoms with E-state index < -0.39 is 0 Å². The van der Waals surface area contributed by atoms with Crippen LogP contribution in [0.3, 0.4) is 0 Å². The minimum absolute atomic E-state index is 0.0491. The zero-order valence-electron chi connectivity index (χ0n) is 8.89. The Labute approximate surface area is 79.8 Å². The molecule has 1 atom stereocenters. The van der Waals surface area contributed by atoms with Gasteiger partial charge >= 0.3 is 5.97 Å². The van der Waals surface area contributed by atoms with Gasteiger partial charge in [0.15, 0.2) is 0 Å². The minimum Gasteiger partial charge on any atom is -0.462 e. The van der Waals surface area contributed by atoms with Crippen molar-refractivity contribution < 1.29 is 9.53 Å². The summed E-state index contributed by atoms with van der Waals surface area (Å²) in [5.41, 5.74) is -0.383. The lowest BCUT2D eigenvalue weighted by Gasteiger charge is -2.33. The fraction of sp³-hybridized carbons (Fsp3) is 0.900. The maximum atomic E-state index is 11.5. The number of esters is 1. The van der Waals surface area contributed by atoms with Gasteiger partial charge in [0.1, 0.15) is 6.10 Å². The van der Waals surface area contributed by atoms with Gasteiger partial charge in [0.25, 0.3) is 0 Å². The van der Waals surface area contributed by atoms with Crippen LogP contribution in [0.25, 0.3) is 0 Å². The van der Waals surface area contributed by atoms with Crippen molar-refractivity contribution in [2.45, 2.75) is 33.8 Å². The number of nitrogens with one attached hydrogen (secondary N) is 1. The molecule has 1 aliphatic heterocycles.